The number of aryl methyl sites for hydroxylation is 2. The second-order valence-corrected chi connectivity index (χ2v) is 25.7. The molecule has 0 N–H and O–H groups in total. The van der Waals surface area contributed by atoms with Crippen molar-refractivity contribution in [2.45, 2.75) is 95.6 Å². The summed E-state index contributed by atoms with van der Waals surface area (Å²) in [6, 6.07) is 27.4. The maximum Gasteiger partial charge on any atom is -1.00 e. The van der Waals surface area contributed by atoms with Gasteiger partial charge in [-0.15, -0.1) is 0 Å². The van der Waals surface area contributed by atoms with Gasteiger partial charge in [-0.25, -0.2) is 0 Å². The Morgan fingerprint density at radius 3 is 1.30 bits per heavy atom. The molecule has 0 aromatic heterocycles. The molecule has 4 aromatic rings. The minimum absolute atomic E-state index is 0. The largest absolute Gasteiger partial charge is 1.00 e. The van der Waals surface area contributed by atoms with Crippen LogP contribution in [0.3, 0.4) is 0 Å². The minimum Gasteiger partial charge on any atom is -1.00 e. The molecular formula is C44H50Cl2Zr. The average molecular weight is 741 g/mol. The Bertz CT molecular complexity index is 1680. The molecule has 0 amide bonds. The maximum absolute atomic E-state index is 2.86. The van der Waals surface area contributed by atoms with Gasteiger partial charge in [0.15, 0.2) is 0 Å². The van der Waals surface area contributed by atoms with Crippen LogP contribution in [0.5, 0.6) is 0 Å². The molecule has 3 aliphatic rings. The van der Waals surface area contributed by atoms with Crippen LogP contribution in [0.15, 0.2) is 83.9 Å². The van der Waals surface area contributed by atoms with Crippen molar-refractivity contribution in [2.75, 3.05) is 0 Å². The molecule has 244 valence electrons. The van der Waals surface area contributed by atoms with Gasteiger partial charge in [0, 0.05) is 0 Å². The fourth-order valence-corrected chi connectivity index (χ4v) is 27.0. The monoisotopic (exact) mass is 738 g/mol. The van der Waals surface area contributed by atoms with Crippen molar-refractivity contribution in [3.63, 3.8) is 0 Å². The van der Waals surface area contributed by atoms with E-state index in [1.54, 1.807) is 44.5 Å². The number of benzene rings is 4. The molecule has 2 aliphatic carbocycles. The normalized spacial score (nSPS) is 17.7. The quantitative estimate of drug-likeness (QED) is 0.161. The number of rotatable bonds is 10. The van der Waals surface area contributed by atoms with E-state index in [4.69, 9.17) is 0 Å². The first-order valence-electron chi connectivity index (χ1n) is 17.7. The van der Waals surface area contributed by atoms with Crippen LogP contribution in [-0.2, 0) is 20.3 Å². The molecule has 47 heavy (non-hydrogen) atoms. The molecule has 2 unspecified atom stereocenters. The standard InChI is InChI=1S/2C21H23.C2H4.2ClH.Zr/c2*1-4-5-9-17-13-19-16(3)15(2)12-20(21(19)14-17)18-10-7-6-8-11-18;1-2;;;/h2*6-8,10-14H,4-5,9H2,1-3H3;1-2H2;2*1H;/q;;;;;+2/p-2. The van der Waals surface area contributed by atoms with E-state index >= 15 is 0 Å². The first-order chi connectivity index (χ1) is 21.9. The summed E-state index contributed by atoms with van der Waals surface area (Å²) >= 11 is -2.86. The first kappa shape index (κ1) is 36.1. The van der Waals surface area contributed by atoms with Crippen molar-refractivity contribution >= 4 is 12.2 Å². The molecule has 1 aliphatic heterocycles. The zero-order chi connectivity index (χ0) is 31.3. The van der Waals surface area contributed by atoms with Crippen LogP contribution < -0.4 is 24.8 Å². The third kappa shape index (κ3) is 6.24. The van der Waals surface area contributed by atoms with Crippen molar-refractivity contribution < 1.29 is 45.1 Å². The molecule has 3 heteroatoms. The van der Waals surface area contributed by atoms with Gasteiger partial charge in [-0.05, 0) is 0 Å². The van der Waals surface area contributed by atoms with Crippen LogP contribution in [0.4, 0.5) is 0 Å². The summed E-state index contributed by atoms with van der Waals surface area (Å²) in [7, 11) is 0. The Labute approximate surface area is 301 Å². The van der Waals surface area contributed by atoms with E-state index in [0.29, 0.717) is 7.25 Å². The molecule has 0 spiro atoms. The number of allylic oxidation sites excluding steroid dienone is 2. The van der Waals surface area contributed by atoms with E-state index in [9.17, 15) is 0 Å². The van der Waals surface area contributed by atoms with E-state index in [1.807, 2.05) is 0 Å². The zero-order valence-electron chi connectivity index (χ0n) is 29.2. The van der Waals surface area contributed by atoms with E-state index < -0.39 is 20.3 Å². The summed E-state index contributed by atoms with van der Waals surface area (Å²) in [4.78, 5) is 0. The van der Waals surface area contributed by atoms with Gasteiger partial charge in [0.25, 0.3) is 0 Å². The minimum atomic E-state index is -2.86. The smallest absolute Gasteiger partial charge is 1.00 e. The molecular weight excluding hydrogens is 691 g/mol. The van der Waals surface area contributed by atoms with Crippen LogP contribution in [-0.4, -0.2) is 0 Å². The third-order valence-electron chi connectivity index (χ3n) is 11.6. The van der Waals surface area contributed by atoms with Crippen LogP contribution in [0, 0.1) is 27.7 Å². The fourth-order valence-electron chi connectivity index (χ4n) is 9.00. The van der Waals surface area contributed by atoms with Gasteiger partial charge in [-0.2, -0.15) is 0 Å². The van der Waals surface area contributed by atoms with Crippen LogP contribution in [0.2, 0.25) is 8.26 Å². The second kappa shape index (κ2) is 14.7. The second-order valence-electron chi connectivity index (χ2n) is 14.4. The number of unbranched alkanes of at least 4 members (excludes halogenated alkanes) is 2. The van der Waals surface area contributed by atoms with Crippen molar-refractivity contribution in [3.8, 4) is 22.3 Å². The third-order valence-corrected chi connectivity index (χ3v) is 24.6. The Hall–Kier alpha value is -2.18. The van der Waals surface area contributed by atoms with E-state index in [0.717, 1.165) is 0 Å². The van der Waals surface area contributed by atoms with Crippen molar-refractivity contribution in [1.29, 1.82) is 0 Å². The van der Waals surface area contributed by atoms with Crippen molar-refractivity contribution in [3.05, 3.63) is 128 Å². The topological polar surface area (TPSA) is 0 Å². The van der Waals surface area contributed by atoms with Crippen molar-refractivity contribution in [2.24, 2.45) is 0 Å². The Morgan fingerprint density at radius 2 is 0.957 bits per heavy atom. The average Bonchev–Trinajstić information content (AvgIpc) is 3.60. The molecule has 0 saturated carbocycles. The number of hydrogen-bond acceptors (Lipinski definition) is 0. The van der Waals surface area contributed by atoms with Crippen LogP contribution in [0.25, 0.3) is 34.4 Å². The summed E-state index contributed by atoms with van der Waals surface area (Å²) in [6.07, 6.45) is 13.1. The van der Waals surface area contributed by atoms with Gasteiger partial charge >= 0.3 is 279 Å². The number of halogens is 2. The summed E-state index contributed by atoms with van der Waals surface area (Å²) in [6.45, 7) is 14.4. The van der Waals surface area contributed by atoms with Gasteiger partial charge < -0.3 is 24.8 Å². The maximum atomic E-state index is 2.71. The summed E-state index contributed by atoms with van der Waals surface area (Å²) < 4.78 is 4.45. The molecule has 0 radical (unpaired) electrons. The van der Waals surface area contributed by atoms with E-state index in [2.05, 4.69) is 126 Å². The molecule has 7 rings (SSSR count). The SMILES string of the molecule is CCCCC1=Cc2c(-c3ccccc3)cc(C)c(C)c2[CH]1[Zr+2]1([CH]2C(CCCC)=Cc3c(-c4ccccc4)cc(C)c(C)c32)[CH2][CH2]1.[Cl-].[Cl-]. The van der Waals surface area contributed by atoms with Crippen LogP contribution >= 0.6 is 0 Å². The molecule has 1 fully saturated rings. The molecule has 4 aromatic carbocycles. The van der Waals surface area contributed by atoms with E-state index in [1.165, 1.54) is 80.2 Å². The summed E-state index contributed by atoms with van der Waals surface area (Å²) in [5.74, 6) is 0. The molecule has 1 heterocycles. The van der Waals surface area contributed by atoms with Gasteiger partial charge in [-0.1, -0.05) is 0 Å². The Morgan fingerprint density at radius 1 is 0.574 bits per heavy atom. The van der Waals surface area contributed by atoms with Crippen molar-refractivity contribution in [1.82, 2.24) is 0 Å². The summed E-state index contributed by atoms with van der Waals surface area (Å²) in [5, 5.41) is 0. The van der Waals surface area contributed by atoms with Gasteiger partial charge in [0.05, 0.1) is 0 Å². The fraction of sp³-hybridized carbons (Fsp3) is 0.364. The predicted octanol–water partition coefficient (Wildman–Crippen LogP) is 7.22. The van der Waals surface area contributed by atoms with E-state index in [-0.39, 0.29) is 24.8 Å². The summed E-state index contributed by atoms with van der Waals surface area (Å²) in [5.41, 5.74) is 21.9. The Kier molecular flexibility index (Phi) is 11.3. The van der Waals surface area contributed by atoms with Gasteiger partial charge in [0.1, 0.15) is 0 Å². The molecule has 0 nitrogen and oxygen atoms in total. The molecule has 1 saturated heterocycles. The first-order valence-corrected chi connectivity index (χ1v) is 24.0. The molecule has 0 bridgehead atoms. The van der Waals surface area contributed by atoms with Gasteiger partial charge in [0.2, 0.25) is 0 Å². The number of hydrogen-bond donors (Lipinski definition) is 0. The molecule has 2 atom stereocenters. The number of fused-ring (bicyclic) bond motifs is 2. The predicted molar refractivity (Wildman–Crippen MR) is 193 cm³/mol. The van der Waals surface area contributed by atoms with Crippen LogP contribution in [0.1, 0.15) is 104 Å². The zero-order valence-corrected chi connectivity index (χ0v) is 33.1. The Balaban J connectivity index is 0.00000217. The van der Waals surface area contributed by atoms with Gasteiger partial charge in [-0.3, -0.25) is 0 Å².